The second-order valence-electron chi connectivity index (χ2n) is 11.0. The number of benzene rings is 6. The van der Waals surface area contributed by atoms with E-state index < -0.39 is 0 Å². The van der Waals surface area contributed by atoms with Gasteiger partial charge < -0.3 is 4.57 Å². The topological polar surface area (TPSA) is 17.3 Å². The molecule has 7 aromatic rings. The maximum absolute atomic E-state index is 5.35. The summed E-state index contributed by atoms with van der Waals surface area (Å²) < 4.78 is 2.42. The van der Waals surface area contributed by atoms with Crippen LogP contribution in [-0.2, 0) is 5.41 Å². The fourth-order valence-corrected chi connectivity index (χ4v) is 6.60. The van der Waals surface area contributed by atoms with Crippen molar-refractivity contribution in [2.45, 2.75) is 12.3 Å². The van der Waals surface area contributed by atoms with E-state index >= 15 is 0 Å². The molecule has 0 saturated heterocycles. The number of aromatic nitrogens is 1. The van der Waals surface area contributed by atoms with Crippen LogP contribution in [0.5, 0.6) is 0 Å². The summed E-state index contributed by atoms with van der Waals surface area (Å²) in [4.78, 5) is 5.35. The summed E-state index contributed by atoms with van der Waals surface area (Å²) in [6.07, 6.45) is 0. The minimum atomic E-state index is -0.390. The molecule has 1 aromatic heterocycles. The molecule has 0 N–H and O–H groups in total. The van der Waals surface area contributed by atoms with E-state index in [4.69, 9.17) is 4.99 Å². The van der Waals surface area contributed by atoms with Gasteiger partial charge in [0.15, 0.2) is 0 Å². The highest BCUT2D eigenvalue weighted by Crippen LogP contribution is 2.49. The van der Waals surface area contributed by atoms with E-state index in [1.807, 2.05) is 0 Å². The van der Waals surface area contributed by atoms with Crippen molar-refractivity contribution in [3.63, 3.8) is 0 Å². The highest BCUT2D eigenvalue weighted by atomic mass is 15.0. The predicted octanol–water partition coefficient (Wildman–Crippen LogP) is 9.89. The van der Waals surface area contributed by atoms with Crippen LogP contribution in [0.25, 0.3) is 38.6 Å². The molecule has 41 heavy (non-hydrogen) atoms. The van der Waals surface area contributed by atoms with Crippen LogP contribution in [0, 0.1) is 0 Å². The molecule has 194 valence electrons. The minimum Gasteiger partial charge on any atom is -0.309 e. The van der Waals surface area contributed by atoms with Crippen molar-refractivity contribution in [3.05, 3.63) is 168 Å². The van der Waals surface area contributed by atoms with Crippen molar-refractivity contribution in [1.82, 2.24) is 4.57 Å². The van der Waals surface area contributed by atoms with Crippen LogP contribution >= 0.6 is 0 Å². The monoisotopic (exact) mass is 524 g/mol. The minimum absolute atomic E-state index is 0.390. The van der Waals surface area contributed by atoms with Gasteiger partial charge in [-0.1, -0.05) is 121 Å². The Morgan fingerprint density at radius 3 is 1.90 bits per heavy atom. The van der Waals surface area contributed by atoms with E-state index in [9.17, 15) is 0 Å². The molecule has 0 spiro atoms. The normalized spacial score (nSPS) is 16.2. The molecule has 6 aromatic carbocycles. The van der Waals surface area contributed by atoms with Crippen molar-refractivity contribution >= 4 is 33.2 Å². The highest BCUT2D eigenvalue weighted by molar-refractivity contribution is 6.17. The summed E-state index contributed by atoms with van der Waals surface area (Å²) in [6.45, 7) is 2.33. The zero-order chi connectivity index (χ0) is 27.4. The third kappa shape index (κ3) is 3.61. The number of para-hydroxylation sites is 1. The number of hydrogen-bond acceptors (Lipinski definition) is 1. The quantitative estimate of drug-likeness (QED) is 0.218. The van der Waals surface area contributed by atoms with Crippen LogP contribution in [-0.4, -0.2) is 10.3 Å². The van der Waals surface area contributed by atoms with E-state index in [0.29, 0.717) is 0 Å². The number of aliphatic imine (C=N–C) groups is 1. The Labute approximate surface area is 239 Å². The van der Waals surface area contributed by atoms with Gasteiger partial charge in [0.2, 0.25) is 0 Å². The number of rotatable bonds is 4. The molecule has 0 amide bonds. The van der Waals surface area contributed by atoms with Gasteiger partial charge in [-0.3, -0.25) is 4.99 Å². The van der Waals surface area contributed by atoms with E-state index in [1.54, 1.807) is 0 Å². The lowest BCUT2D eigenvalue weighted by Crippen LogP contribution is -2.31. The molecule has 2 nitrogen and oxygen atoms in total. The molecule has 0 radical (unpaired) electrons. The van der Waals surface area contributed by atoms with Crippen LogP contribution in [0.4, 0.5) is 5.69 Å². The second kappa shape index (κ2) is 9.18. The summed E-state index contributed by atoms with van der Waals surface area (Å²) in [5.74, 6) is 0. The lowest BCUT2D eigenvalue weighted by atomic mass is 9.71. The maximum Gasteiger partial charge on any atom is 0.0686 e. The van der Waals surface area contributed by atoms with Gasteiger partial charge >= 0.3 is 0 Å². The number of nitrogens with zero attached hydrogens (tertiary/aromatic N) is 2. The molecule has 1 atom stereocenters. The summed E-state index contributed by atoms with van der Waals surface area (Å²) in [7, 11) is 0. The fourth-order valence-electron chi connectivity index (χ4n) is 6.60. The predicted molar refractivity (Wildman–Crippen MR) is 172 cm³/mol. The molecule has 2 heterocycles. The van der Waals surface area contributed by atoms with Gasteiger partial charge in [0, 0.05) is 16.5 Å². The number of hydrogen-bond donors (Lipinski definition) is 0. The summed E-state index contributed by atoms with van der Waals surface area (Å²) >= 11 is 0. The van der Waals surface area contributed by atoms with Crippen LogP contribution in [0.1, 0.15) is 23.6 Å². The molecule has 0 fully saturated rings. The first kappa shape index (κ1) is 23.7. The van der Waals surface area contributed by atoms with Crippen molar-refractivity contribution in [2.75, 3.05) is 0 Å². The van der Waals surface area contributed by atoms with E-state index in [1.165, 1.54) is 44.1 Å². The van der Waals surface area contributed by atoms with Gasteiger partial charge in [0.25, 0.3) is 0 Å². The lowest BCUT2D eigenvalue weighted by Gasteiger charge is -2.29. The first-order valence-corrected chi connectivity index (χ1v) is 14.2. The van der Waals surface area contributed by atoms with Gasteiger partial charge in [0.1, 0.15) is 0 Å². The average molecular weight is 525 g/mol. The summed E-state index contributed by atoms with van der Waals surface area (Å²) in [5, 5.41) is 2.46. The third-order valence-corrected chi connectivity index (χ3v) is 8.64. The zero-order valence-electron chi connectivity index (χ0n) is 22.8. The average Bonchev–Trinajstić information content (AvgIpc) is 3.53. The van der Waals surface area contributed by atoms with E-state index in [0.717, 1.165) is 22.6 Å². The second-order valence-corrected chi connectivity index (χ2v) is 11.0. The van der Waals surface area contributed by atoms with Crippen molar-refractivity contribution < 1.29 is 0 Å². The van der Waals surface area contributed by atoms with E-state index in [-0.39, 0.29) is 5.41 Å². The third-order valence-electron chi connectivity index (χ3n) is 8.64. The van der Waals surface area contributed by atoms with E-state index in [2.05, 4.69) is 163 Å². The molecular formula is C39H28N2. The van der Waals surface area contributed by atoms with Gasteiger partial charge in [-0.15, -0.1) is 0 Å². The molecule has 1 unspecified atom stereocenters. The number of fused-ring (bicyclic) bond motifs is 4. The summed E-state index contributed by atoms with van der Waals surface area (Å²) in [5.41, 5.74) is 11.4. The Morgan fingerprint density at radius 2 is 1.15 bits per heavy atom. The van der Waals surface area contributed by atoms with Gasteiger partial charge in [-0.25, -0.2) is 0 Å². The molecule has 0 bridgehead atoms. The van der Waals surface area contributed by atoms with Crippen molar-refractivity contribution in [1.29, 1.82) is 0 Å². The first-order chi connectivity index (χ1) is 20.2. The fraction of sp³-hybridized carbons (Fsp3) is 0.0513. The SMILES string of the molecule is CC1(c2ccccc2)C(c2ccccc2)=Nc2cc3c4ccccc4n(-c4cccc(-c5ccccc5)c4)c3cc21. The molecule has 1 aliphatic rings. The molecular weight excluding hydrogens is 496 g/mol. The molecule has 1 aliphatic heterocycles. The highest BCUT2D eigenvalue weighted by Gasteiger charge is 2.42. The molecule has 0 aliphatic carbocycles. The molecule has 2 heteroatoms. The van der Waals surface area contributed by atoms with Crippen LogP contribution in [0.15, 0.2) is 157 Å². The maximum atomic E-state index is 5.35. The summed E-state index contributed by atoms with van der Waals surface area (Å²) in [6, 6.07) is 54.3. The van der Waals surface area contributed by atoms with Crippen molar-refractivity contribution in [3.8, 4) is 16.8 Å². The van der Waals surface area contributed by atoms with Crippen molar-refractivity contribution in [2.24, 2.45) is 4.99 Å². The van der Waals surface area contributed by atoms with Crippen LogP contribution in [0.3, 0.4) is 0 Å². The Bertz CT molecular complexity index is 2090. The lowest BCUT2D eigenvalue weighted by molar-refractivity contribution is 0.794. The largest absolute Gasteiger partial charge is 0.309 e. The Hall–Kier alpha value is -5.21. The van der Waals surface area contributed by atoms with Crippen LogP contribution in [0.2, 0.25) is 0 Å². The first-order valence-electron chi connectivity index (χ1n) is 14.2. The van der Waals surface area contributed by atoms with Gasteiger partial charge in [0.05, 0.1) is 27.8 Å². The molecule has 8 rings (SSSR count). The van der Waals surface area contributed by atoms with Crippen LogP contribution < -0.4 is 0 Å². The Balaban J connectivity index is 1.42. The zero-order valence-corrected chi connectivity index (χ0v) is 22.8. The Morgan fingerprint density at radius 1 is 0.512 bits per heavy atom. The van der Waals surface area contributed by atoms with Gasteiger partial charge in [-0.05, 0) is 65.1 Å². The standard InChI is InChI=1S/C39H28N2/c1-39(30-19-9-4-10-20-30)34-26-37-33(25-35(34)40-38(39)28-16-7-3-8-17-28)32-22-11-12-23-36(32)41(37)31-21-13-18-29(24-31)27-14-5-2-6-15-27/h2-26H,1H3. The molecule has 0 saturated carbocycles. The van der Waals surface area contributed by atoms with Gasteiger partial charge in [-0.2, -0.15) is 0 Å². The Kier molecular flexibility index (Phi) is 5.30. The smallest absolute Gasteiger partial charge is 0.0686 e.